The molecular weight excluding hydrogens is 445 g/mol. The lowest BCUT2D eigenvalue weighted by Gasteiger charge is -2.32. The molecule has 0 unspecified atom stereocenters. The van der Waals surface area contributed by atoms with Crippen LogP contribution in [0.4, 0.5) is 21.6 Å². The summed E-state index contributed by atoms with van der Waals surface area (Å²) in [6, 6.07) is 9.69. The van der Waals surface area contributed by atoms with Gasteiger partial charge in [0.2, 0.25) is 5.91 Å². The van der Waals surface area contributed by atoms with E-state index in [1.54, 1.807) is 12.4 Å². The minimum Gasteiger partial charge on any atom is -0.336 e. The minimum absolute atomic E-state index is 0.0701. The molecule has 1 amide bonds. The van der Waals surface area contributed by atoms with Crippen molar-refractivity contribution in [2.45, 2.75) is 38.1 Å². The number of pyridine rings is 2. The van der Waals surface area contributed by atoms with Crippen molar-refractivity contribution < 1.29 is 9.18 Å². The second kappa shape index (κ2) is 8.13. The fraction of sp³-hybridized carbons (Fsp3) is 0.308. The first-order valence-electron chi connectivity index (χ1n) is 11.9. The number of piperidine rings is 1. The van der Waals surface area contributed by atoms with Crippen LogP contribution in [-0.2, 0) is 10.2 Å². The number of benzene rings is 1. The van der Waals surface area contributed by atoms with Crippen LogP contribution in [0.1, 0.15) is 38.3 Å². The molecule has 3 N–H and O–H groups in total. The van der Waals surface area contributed by atoms with E-state index in [0.29, 0.717) is 11.5 Å². The standard InChI is InChI=1S/C26H26FN7O/c1-15(2)34-14-30-22-12-20(32-24(23(22)34)31-19-5-8-29-13-18(19)27)16-3-4-17-21(11-16)33-25(35)26(17)6-9-28-10-7-26/h3-5,8,11-15,28H,6-7,9-10H2,1-2H3,(H,33,35)(H,29,31,32). The van der Waals surface area contributed by atoms with Crippen molar-refractivity contribution in [2.24, 2.45) is 0 Å². The van der Waals surface area contributed by atoms with Crippen molar-refractivity contribution in [1.82, 2.24) is 24.8 Å². The number of imidazole rings is 1. The summed E-state index contributed by atoms with van der Waals surface area (Å²) in [5, 5.41) is 9.59. The van der Waals surface area contributed by atoms with Gasteiger partial charge in [0.15, 0.2) is 11.6 Å². The van der Waals surface area contributed by atoms with Gasteiger partial charge in [0.05, 0.1) is 34.8 Å². The Morgan fingerprint density at radius 2 is 2.00 bits per heavy atom. The van der Waals surface area contributed by atoms with Gasteiger partial charge in [-0.3, -0.25) is 9.78 Å². The molecule has 2 aliphatic rings. The normalized spacial score (nSPS) is 16.6. The van der Waals surface area contributed by atoms with Crippen LogP contribution in [0.2, 0.25) is 0 Å². The molecule has 1 saturated heterocycles. The maximum atomic E-state index is 14.4. The summed E-state index contributed by atoms with van der Waals surface area (Å²) in [6.07, 6.45) is 6.05. The first-order valence-corrected chi connectivity index (χ1v) is 11.9. The molecule has 178 valence electrons. The lowest BCUT2D eigenvalue weighted by molar-refractivity contribution is -0.121. The fourth-order valence-electron chi connectivity index (χ4n) is 5.23. The van der Waals surface area contributed by atoms with E-state index in [4.69, 9.17) is 4.98 Å². The van der Waals surface area contributed by atoms with E-state index < -0.39 is 11.2 Å². The van der Waals surface area contributed by atoms with Crippen molar-refractivity contribution >= 4 is 34.1 Å². The number of halogens is 1. The van der Waals surface area contributed by atoms with Crippen molar-refractivity contribution in [1.29, 1.82) is 0 Å². The zero-order valence-electron chi connectivity index (χ0n) is 19.6. The lowest BCUT2D eigenvalue weighted by atomic mass is 9.74. The van der Waals surface area contributed by atoms with Gasteiger partial charge >= 0.3 is 0 Å². The molecule has 5 heterocycles. The smallest absolute Gasteiger partial charge is 0.235 e. The number of anilines is 3. The maximum absolute atomic E-state index is 14.4. The fourth-order valence-corrected chi connectivity index (χ4v) is 5.23. The highest BCUT2D eigenvalue weighted by atomic mass is 19.1. The minimum atomic E-state index is -0.462. The Morgan fingerprint density at radius 3 is 2.77 bits per heavy atom. The van der Waals surface area contributed by atoms with Gasteiger partial charge in [-0.15, -0.1) is 0 Å². The third-order valence-corrected chi connectivity index (χ3v) is 7.10. The molecule has 0 aliphatic carbocycles. The van der Waals surface area contributed by atoms with Crippen molar-refractivity contribution in [3.8, 4) is 11.3 Å². The van der Waals surface area contributed by atoms with E-state index in [1.165, 1.54) is 12.4 Å². The van der Waals surface area contributed by atoms with Crippen LogP contribution < -0.4 is 16.0 Å². The molecule has 0 radical (unpaired) electrons. The van der Waals surface area contributed by atoms with E-state index in [2.05, 4.69) is 39.8 Å². The van der Waals surface area contributed by atoms with Gasteiger partial charge in [-0.05, 0) is 63.5 Å². The molecule has 35 heavy (non-hydrogen) atoms. The van der Waals surface area contributed by atoms with Crippen LogP contribution in [0.25, 0.3) is 22.3 Å². The Morgan fingerprint density at radius 1 is 1.17 bits per heavy atom. The van der Waals surface area contributed by atoms with Crippen LogP contribution >= 0.6 is 0 Å². The Hall–Kier alpha value is -3.85. The number of hydrogen-bond acceptors (Lipinski definition) is 6. The van der Waals surface area contributed by atoms with Gasteiger partial charge in [0.1, 0.15) is 5.52 Å². The summed E-state index contributed by atoms with van der Waals surface area (Å²) >= 11 is 0. The van der Waals surface area contributed by atoms with Gasteiger partial charge in [0, 0.05) is 23.5 Å². The maximum Gasteiger partial charge on any atom is 0.235 e. The zero-order valence-corrected chi connectivity index (χ0v) is 19.6. The quantitative estimate of drug-likeness (QED) is 0.405. The molecular formula is C26H26FN7O. The van der Waals surface area contributed by atoms with Crippen molar-refractivity contribution in [2.75, 3.05) is 23.7 Å². The summed E-state index contributed by atoms with van der Waals surface area (Å²) in [6.45, 7) is 5.77. The number of fused-ring (bicyclic) bond motifs is 3. The van der Waals surface area contributed by atoms with E-state index in [0.717, 1.165) is 53.8 Å². The Kier molecular flexibility index (Phi) is 5.03. The average molecular weight is 472 g/mol. The SMILES string of the molecule is CC(C)n1cnc2cc(-c3ccc4c(c3)NC(=O)C43CCNCC3)nc(Nc3ccncc3F)c21. The molecule has 1 spiro atoms. The monoisotopic (exact) mass is 471 g/mol. The third-order valence-electron chi connectivity index (χ3n) is 7.10. The predicted molar refractivity (Wildman–Crippen MR) is 133 cm³/mol. The molecule has 4 aromatic rings. The van der Waals surface area contributed by atoms with Crippen LogP contribution in [0, 0.1) is 5.82 Å². The van der Waals surface area contributed by atoms with E-state index in [1.807, 2.05) is 28.8 Å². The van der Waals surface area contributed by atoms with E-state index in [-0.39, 0.29) is 17.6 Å². The molecule has 0 bridgehead atoms. The van der Waals surface area contributed by atoms with Gasteiger partial charge in [-0.2, -0.15) is 0 Å². The summed E-state index contributed by atoms with van der Waals surface area (Å²) in [7, 11) is 0. The van der Waals surface area contributed by atoms with Gasteiger partial charge in [-0.25, -0.2) is 14.4 Å². The number of nitrogens with zero attached hydrogens (tertiary/aromatic N) is 4. The third kappa shape index (κ3) is 3.46. The molecule has 1 aromatic carbocycles. The van der Waals surface area contributed by atoms with E-state index in [9.17, 15) is 9.18 Å². The van der Waals surface area contributed by atoms with Crippen LogP contribution in [0.15, 0.2) is 49.1 Å². The van der Waals surface area contributed by atoms with E-state index >= 15 is 0 Å². The molecule has 0 atom stereocenters. The molecule has 3 aromatic heterocycles. The summed E-state index contributed by atoms with van der Waals surface area (Å²) in [5.74, 6) is 0.116. The van der Waals surface area contributed by atoms with Crippen LogP contribution in [0.3, 0.4) is 0 Å². The molecule has 9 heteroatoms. The van der Waals surface area contributed by atoms with Crippen molar-refractivity contribution in [3.05, 3.63) is 60.4 Å². The topological polar surface area (TPSA) is 96.8 Å². The van der Waals surface area contributed by atoms with Gasteiger partial charge < -0.3 is 20.5 Å². The summed E-state index contributed by atoms with van der Waals surface area (Å²) in [4.78, 5) is 26.3. The number of nitrogens with one attached hydrogen (secondary N) is 3. The second-order valence-electron chi connectivity index (χ2n) is 9.50. The largest absolute Gasteiger partial charge is 0.336 e. The first-order chi connectivity index (χ1) is 17.0. The average Bonchev–Trinajstić information content (AvgIpc) is 3.40. The highest BCUT2D eigenvalue weighted by Crippen LogP contribution is 2.45. The Bertz CT molecular complexity index is 1460. The molecule has 0 saturated carbocycles. The van der Waals surface area contributed by atoms with Crippen molar-refractivity contribution in [3.63, 3.8) is 0 Å². The molecule has 2 aliphatic heterocycles. The Labute approximate surface area is 202 Å². The second-order valence-corrected chi connectivity index (χ2v) is 9.50. The number of carbonyl (C=O) groups excluding carboxylic acids is 1. The summed E-state index contributed by atoms with van der Waals surface area (Å²) < 4.78 is 16.4. The predicted octanol–water partition coefficient (Wildman–Crippen LogP) is 4.53. The van der Waals surface area contributed by atoms with Crippen LogP contribution in [-0.4, -0.2) is 38.5 Å². The Balaban J connectivity index is 1.47. The zero-order chi connectivity index (χ0) is 24.2. The van der Waals surface area contributed by atoms with Gasteiger partial charge in [0.25, 0.3) is 0 Å². The molecule has 1 fully saturated rings. The molecule has 6 rings (SSSR count). The number of hydrogen-bond donors (Lipinski definition) is 3. The highest BCUT2D eigenvalue weighted by molar-refractivity contribution is 6.07. The number of amides is 1. The number of aromatic nitrogens is 4. The first kappa shape index (κ1) is 21.7. The number of rotatable bonds is 4. The van der Waals surface area contributed by atoms with Gasteiger partial charge in [-0.1, -0.05) is 12.1 Å². The van der Waals surface area contributed by atoms with Crippen LogP contribution in [0.5, 0.6) is 0 Å². The highest BCUT2D eigenvalue weighted by Gasteiger charge is 2.47. The lowest BCUT2D eigenvalue weighted by Crippen LogP contribution is -2.44. The number of carbonyl (C=O) groups is 1. The molecule has 8 nitrogen and oxygen atoms in total. The summed E-state index contributed by atoms with van der Waals surface area (Å²) in [5.41, 5.74) is 4.80.